The highest BCUT2D eigenvalue weighted by atomic mass is 16.5. The molecule has 0 heterocycles. The zero-order valence-electron chi connectivity index (χ0n) is 16.2. The van der Waals surface area contributed by atoms with Gasteiger partial charge in [0.2, 0.25) is 0 Å². The van der Waals surface area contributed by atoms with Crippen molar-refractivity contribution in [1.29, 1.82) is 0 Å². The molecule has 0 fully saturated rings. The van der Waals surface area contributed by atoms with Gasteiger partial charge in [0.1, 0.15) is 11.5 Å². The molecule has 1 aromatic carbocycles. The predicted octanol–water partition coefficient (Wildman–Crippen LogP) is 2.47. The maximum Gasteiger partial charge on any atom is 0.190 e. The van der Waals surface area contributed by atoms with Crippen LogP contribution in [0.3, 0.4) is 0 Å². The largest absolute Gasteiger partial charge is 0.497 e. The van der Waals surface area contributed by atoms with Gasteiger partial charge in [-0.15, -0.1) is 0 Å². The van der Waals surface area contributed by atoms with Gasteiger partial charge in [-0.05, 0) is 42.5 Å². The van der Waals surface area contributed by atoms with Gasteiger partial charge < -0.3 is 24.8 Å². The maximum atomic E-state index is 5.57. The summed E-state index contributed by atoms with van der Waals surface area (Å²) in [5, 5.41) is 6.62. The van der Waals surface area contributed by atoms with Gasteiger partial charge in [0.25, 0.3) is 0 Å². The molecule has 0 atom stereocenters. The van der Waals surface area contributed by atoms with Gasteiger partial charge in [0.15, 0.2) is 5.96 Å². The number of guanidine groups is 1. The summed E-state index contributed by atoms with van der Waals surface area (Å²) in [7, 11) is 5.12. The summed E-state index contributed by atoms with van der Waals surface area (Å²) in [6.45, 7) is 7.48. The molecule has 2 N–H and O–H groups in total. The predicted molar refractivity (Wildman–Crippen MR) is 103 cm³/mol. The Kier molecular flexibility index (Phi) is 10.5. The third-order valence-corrected chi connectivity index (χ3v) is 3.61. The second kappa shape index (κ2) is 12.4. The zero-order chi connectivity index (χ0) is 18.5. The average Bonchev–Trinajstić information content (AvgIpc) is 2.62. The van der Waals surface area contributed by atoms with Crippen molar-refractivity contribution in [3.8, 4) is 11.5 Å². The van der Waals surface area contributed by atoms with Crippen LogP contribution in [0, 0.1) is 5.92 Å². The lowest BCUT2D eigenvalue weighted by Gasteiger charge is -2.14. The fourth-order valence-corrected chi connectivity index (χ4v) is 2.31. The summed E-state index contributed by atoms with van der Waals surface area (Å²) < 4.78 is 16.3. The first-order valence-electron chi connectivity index (χ1n) is 8.83. The van der Waals surface area contributed by atoms with Gasteiger partial charge in [-0.3, -0.25) is 4.99 Å². The number of rotatable bonds is 11. The Balaban J connectivity index is 2.31. The van der Waals surface area contributed by atoms with E-state index in [0.717, 1.165) is 62.2 Å². The molecule has 1 aromatic rings. The van der Waals surface area contributed by atoms with Crippen LogP contribution in [0.1, 0.15) is 25.8 Å². The number of nitrogens with one attached hydrogen (secondary N) is 2. The van der Waals surface area contributed by atoms with Crippen molar-refractivity contribution in [2.45, 2.75) is 26.7 Å². The fourth-order valence-electron chi connectivity index (χ4n) is 2.31. The molecule has 6 nitrogen and oxygen atoms in total. The molecule has 0 aliphatic carbocycles. The van der Waals surface area contributed by atoms with Crippen LogP contribution in [-0.4, -0.2) is 53.5 Å². The summed E-state index contributed by atoms with van der Waals surface area (Å²) in [4.78, 5) is 4.24. The van der Waals surface area contributed by atoms with Crippen LogP contribution >= 0.6 is 0 Å². The third-order valence-electron chi connectivity index (χ3n) is 3.61. The summed E-state index contributed by atoms with van der Waals surface area (Å²) in [5.74, 6) is 3.08. The second-order valence-corrected chi connectivity index (χ2v) is 6.18. The summed E-state index contributed by atoms with van der Waals surface area (Å²) in [6, 6.07) is 5.83. The lowest BCUT2D eigenvalue weighted by molar-refractivity contribution is 0.108. The van der Waals surface area contributed by atoms with Gasteiger partial charge in [0, 0.05) is 33.4 Å². The Bertz CT molecular complexity index is 519. The molecule has 0 unspecified atom stereocenters. The monoisotopic (exact) mass is 351 g/mol. The molecule has 0 radical (unpaired) electrons. The van der Waals surface area contributed by atoms with E-state index in [-0.39, 0.29) is 0 Å². The molecule has 142 valence electrons. The molecule has 0 saturated heterocycles. The van der Waals surface area contributed by atoms with E-state index in [1.54, 1.807) is 21.3 Å². The van der Waals surface area contributed by atoms with Gasteiger partial charge in [-0.1, -0.05) is 13.8 Å². The topological polar surface area (TPSA) is 64.1 Å². The standard InChI is InChI=1S/C19H33N3O3/c1-15(2)14-25-12-6-10-21-19(20-3)22-11-9-16-13-17(23-4)7-8-18(16)24-5/h7-8,13,15H,6,9-12,14H2,1-5H3,(H2,20,21,22). The van der Waals surface area contributed by atoms with Crippen LogP contribution in [0.15, 0.2) is 23.2 Å². The van der Waals surface area contributed by atoms with E-state index in [0.29, 0.717) is 5.92 Å². The molecule has 0 aromatic heterocycles. The molecule has 25 heavy (non-hydrogen) atoms. The summed E-state index contributed by atoms with van der Waals surface area (Å²) >= 11 is 0. The van der Waals surface area contributed by atoms with Crippen molar-refractivity contribution >= 4 is 5.96 Å². The average molecular weight is 351 g/mol. The van der Waals surface area contributed by atoms with Crippen LogP contribution in [-0.2, 0) is 11.2 Å². The summed E-state index contributed by atoms with van der Waals surface area (Å²) in [6.07, 6.45) is 1.77. The molecule has 6 heteroatoms. The molecule has 0 amide bonds. The normalized spacial score (nSPS) is 11.5. The Morgan fingerprint density at radius 2 is 1.88 bits per heavy atom. The van der Waals surface area contributed by atoms with Crippen LogP contribution < -0.4 is 20.1 Å². The molecular formula is C19H33N3O3. The van der Waals surface area contributed by atoms with E-state index in [9.17, 15) is 0 Å². The third kappa shape index (κ3) is 8.63. The molecule has 0 saturated carbocycles. The van der Waals surface area contributed by atoms with E-state index in [1.165, 1.54) is 0 Å². The lowest BCUT2D eigenvalue weighted by atomic mass is 10.1. The van der Waals surface area contributed by atoms with Crippen molar-refractivity contribution in [2.24, 2.45) is 10.9 Å². The first-order valence-corrected chi connectivity index (χ1v) is 8.83. The van der Waals surface area contributed by atoms with Gasteiger partial charge >= 0.3 is 0 Å². The number of hydrogen-bond donors (Lipinski definition) is 2. The maximum absolute atomic E-state index is 5.57. The van der Waals surface area contributed by atoms with Crippen molar-refractivity contribution in [3.63, 3.8) is 0 Å². The number of nitrogens with zero attached hydrogens (tertiary/aromatic N) is 1. The highest BCUT2D eigenvalue weighted by Gasteiger charge is 2.05. The first kappa shape index (κ1) is 21.1. The minimum Gasteiger partial charge on any atom is -0.497 e. The number of methoxy groups -OCH3 is 2. The minimum absolute atomic E-state index is 0.580. The van der Waals surface area contributed by atoms with Crippen molar-refractivity contribution in [3.05, 3.63) is 23.8 Å². The van der Waals surface area contributed by atoms with E-state index in [2.05, 4.69) is 29.5 Å². The quantitative estimate of drug-likeness (QED) is 0.364. The lowest BCUT2D eigenvalue weighted by Crippen LogP contribution is -2.39. The Morgan fingerprint density at radius 3 is 2.52 bits per heavy atom. The van der Waals surface area contributed by atoms with Crippen LogP contribution in [0.4, 0.5) is 0 Å². The Hall–Kier alpha value is -1.95. The van der Waals surface area contributed by atoms with E-state index < -0.39 is 0 Å². The van der Waals surface area contributed by atoms with Gasteiger partial charge in [0.05, 0.1) is 14.2 Å². The smallest absolute Gasteiger partial charge is 0.190 e. The molecule has 0 aliphatic heterocycles. The second-order valence-electron chi connectivity index (χ2n) is 6.18. The Labute approximate surface area is 152 Å². The number of ether oxygens (including phenoxy) is 3. The number of benzene rings is 1. The van der Waals surface area contributed by atoms with Gasteiger partial charge in [-0.2, -0.15) is 0 Å². The van der Waals surface area contributed by atoms with Crippen LogP contribution in [0.25, 0.3) is 0 Å². The summed E-state index contributed by atoms with van der Waals surface area (Å²) in [5.41, 5.74) is 1.10. The molecule has 0 bridgehead atoms. The number of hydrogen-bond acceptors (Lipinski definition) is 4. The highest BCUT2D eigenvalue weighted by Crippen LogP contribution is 2.24. The van der Waals surface area contributed by atoms with Crippen molar-refractivity contribution in [1.82, 2.24) is 10.6 Å². The van der Waals surface area contributed by atoms with Crippen molar-refractivity contribution in [2.75, 3.05) is 47.6 Å². The highest BCUT2D eigenvalue weighted by molar-refractivity contribution is 5.79. The molecular weight excluding hydrogens is 318 g/mol. The van der Waals surface area contributed by atoms with Gasteiger partial charge in [-0.25, -0.2) is 0 Å². The van der Waals surface area contributed by atoms with E-state index in [4.69, 9.17) is 14.2 Å². The zero-order valence-corrected chi connectivity index (χ0v) is 16.2. The SMILES string of the molecule is CN=C(NCCCOCC(C)C)NCCc1cc(OC)ccc1OC. The fraction of sp³-hybridized carbons (Fsp3) is 0.632. The Morgan fingerprint density at radius 1 is 1.12 bits per heavy atom. The van der Waals surface area contributed by atoms with E-state index in [1.807, 2.05) is 18.2 Å². The van der Waals surface area contributed by atoms with Crippen LogP contribution in [0.2, 0.25) is 0 Å². The first-order chi connectivity index (χ1) is 12.1. The molecule has 0 aliphatic rings. The molecule has 1 rings (SSSR count). The van der Waals surface area contributed by atoms with Crippen LogP contribution in [0.5, 0.6) is 11.5 Å². The number of aliphatic imine (C=N–C) groups is 1. The van der Waals surface area contributed by atoms with Crippen molar-refractivity contribution < 1.29 is 14.2 Å². The minimum atomic E-state index is 0.580. The van der Waals surface area contributed by atoms with E-state index >= 15 is 0 Å². The molecule has 0 spiro atoms.